The molecule has 1 fully saturated rings. The number of nitrogens with zero attached hydrogens (tertiary/aromatic N) is 2. The molecule has 1 atom stereocenters. The molecule has 0 aromatic carbocycles. The first kappa shape index (κ1) is 15.8. The van der Waals surface area contributed by atoms with Gasteiger partial charge in [0.05, 0.1) is 0 Å². The van der Waals surface area contributed by atoms with E-state index in [1.54, 1.807) is 0 Å². The Morgan fingerprint density at radius 1 is 1.38 bits per heavy atom. The summed E-state index contributed by atoms with van der Waals surface area (Å²) in [6, 6.07) is 4.06. The number of carbonyl (C=O) groups excluding carboxylic acids is 1. The summed E-state index contributed by atoms with van der Waals surface area (Å²) < 4.78 is 0. The van der Waals surface area contributed by atoms with E-state index < -0.39 is 0 Å². The van der Waals surface area contributed by atoms with Crippen LogP contribution in [0.5, 0.6) is 0 Å². The molecule has 0 radical (unpaired) electrons. The van der Waals surface area contributed by atoms with E-state index in [9.17, 15) is 4.79 Å². The summed E-state index contributed by atoms with van der Waals surface area (Å²) in [5.74, 6) is 1.10. The zero-order valence-electron chi connectivity index (χ0n) is 13.1. The van der Waals surface area contributed by atoms with Gasteiger partial charge in [0, 0.05) is 38.3 Å². The minimum absolute atomic E-state index is 0.0154. The molecule has 2 N–H and O–H groups in total. The molecule has 1 aliphatic rings. The Bertz CT molecular complexity index is 457. The molecule has 2 rings (SSSR count). The highest BCUT2D eigenvalue weighted by molar-refractivity contribution is 5.78. The predicted octanol–water partition coefficient (Wildman–Crippen LogP) is 1.54. The lowest BCUT2D eigenvalue weighted by molar-refractivity contribution is -0.124. The zero-order valence-corrected chi connectivity index (χ0v) is 13.1. The van der Waals surface area contributed by atoms with Crippen LogP contribution in [-0.2, 0) is 11.3 Å². The zero-order chi connectivity index (χ0) is 15.1. The summed E-state index contributed by atoms with van der Waals surface area (Å²) in [5, 5.41) is 6.01. The highest BCUT2D eigenvalue weighted by Gasteiger charge is 2.13. The number of aromatic nitrogens is 1. The van der Waals surface area contributed by atoms with E-state index in [1.807, 2.05) is 26.2 Å². The van der Waals surface area contributed by atoms with Crippen LogP contribution in [0.3, 0.4) is 0 Å². The number of pyridine rings is 1. The number of carbonyl (C=O) groups is 1. The van der Waals surface area contributed by atoms with E-state index in [0.29, 0.717) is 13.1 Å². The largest absolute Gasteiger partial charge is 0.357 e. The van der Waals surface area contributed by atoms with Gasteiger partial charge >= 0.3 is 0 Å². The van der Waals surface area contributed by atoms with Gasteiger partial charge in [-0.2, -0.15) is 0 Å². The van der Waals surface area contributed by atoms with Crippen molar-refractivity contribution in [3.05, 3.63) is 23.9 Å². The van der Waals surface area contributed by atoms with Gasteiger partial charge < -0.3 is 15.5 Å². The number of hydrogen-bond acceptors (Lipinski definition) is 4. The Balaban J connectivity index is 1.90. The van der Waals surface area contributed by atoms with Gasteiger partial charge in [0.25, 0.3) is 0 Å². The fourth-order valence-corrected chi connectivity index (χ4v) is 2.63. The molecule has 0 spiro atoms. The molecule has 1 unspecified atom stereocenters. The van der Waals surface area contributed by atoms with Crippen molar-refractivity contribution in [2.24, 2.45) is 5.92 Å². The number of piperidine rings is 1. The van der Waals surface area contributed by atoms with Crippen LogP contribution in [-0.4, -0.2) is 37.6 Å². The molecule has 0 bridgehead atoms. The average molecular weight is 290 g/mol. The van der Waals surface area contributed by atoms with Gasteiger partial charge in [-0.3, -0.25) is 4.79 Å². The molecular formula is C16H26N4O. The van der Waals surface area contributed by atoms with Gasteiger partial charge in [-0.05, 0) is 44.0 Å². The van der Waals surface area contributed by atoms with Gasteiger partial charge in [-0.25, -0.2) is 4.98 Å². The van der Waals surface area contributed by atoms with E-state index in [4.69, 9.17) is 0 Å². The normalized spacial score (nSPS) is 16.6. The molecule has 1 amide bonds. The quantitative estimate of drug-likeness (QED) is 0.834. The van der Waals surface area contributed by atoms with E-state index in [2.05, 4.69) is 26.6 Å². The lowest BCUT2D eigenvalue weighted by atomic mass is 10.1. The first-order valence-corrected chi connectivity index (χ1v) is 7.83. The summed E-state index contributed by atoms with van der Waals surface area (Å²) in [6.07, 6.45) is 5.63. The van der Waals surface area contributed by atoms with Crippen LogP contribution in [0.2, 0.25) is 0 Å². The summed E-state index contributed by atoms with van der Waals surface area (Å²) in [5.41, 5.74) is 1.11. The number of amides is 1. The molecule has 5 heteroatoms. The first-order valence-electron chi connectivity index (χ1n) is 7.83. The van der Waals surface area contributed by atoms with Crippen LogP contribution in [0.15, 0.2) is 18.3 Å². The third-order valence-electron chi connectivity index (χ3n) is 3.91. The molecule has 21 heavy (non-hydrogen) atoms. The Kier molecular flexibility index (Phi) is 5.99. The highest BCUT2D eigenvalue weighted by atomic mass is 16.1. The molecule has 1 saturated heterocycles. The minimum Gasteiger partial charge on any atom is -0.357 e. The van der Waals surface area contributed by atoms with E-state index in [0.717, 1.165) is 24.5 Å². The third-order valence-corrected chi connectivity index (χ3v) is 3.91. The van der Waals surface area contributed by atoms with Crippen molar-refractivity contribution >= 4 is 11.7 Å². The smallest absolute Gasteiger partial charge is 0.224 e. The van der Waals surface area contributed by atoms with Gasteiger partial charge in [0.15, 0.2) is 0 Å². The van der Waals surface area contributed by atoms with Gasteiger partial charge in [-0.15, -0.1) is 0 Å². The molecule has 1 aromatic rings. The van der Waals surface area contributed by atoms with E-state index >= 15 is 0 Å². The molecular weight excluding hydrogens is 264 g/mol. The Labute approximate surface area is 127 Å². The second-order valence-corrected chi connectivity index (χ2v) is 5.75. The van der Waals surface area contributed by atoms with Crippen LogP contribution < -0.4 is 15.5 Å². The highest BCUT2D eigenvalue weighted by Crippen LogP contribution is 2.18. The second kappa shape index (κ2) is 7.98. The molecule has 2 heterocycles. The molecule has 0 aliphatic carbocycles. The number of nitrogens with one attached hydrogen (secondary N) is 2. The van der Waals surface area contributed by atoms with Crippen molar-refractivity contribution in [1.82, 2.24) is 15.6 Å². The molecule has 0 saturated carbocycles. The maximum absolute atomic E-state index is 11.9. The lowest BCUT2D eigenvalue weighted by Gasteiger charge is -2.28. The third kappa shape index (κ3) is 4.70. The van der Waals surface area contributed by atoms with E-state index in [1.165, 1.54) is 19.3 Å². The summed E-state index contributed by atoms with van der Waals surface area (Å²) in [6.45, 7) is 5.36. The SMILES string of the molecule is CNCC(C)C(=O)NCc1ccnc(N2CCCCC2)c1. The summed E-state index contributed by atoms with van der Waals surface area (Å²) in [7, 11) is 1.86. The van der Waals surface area contributed by atoms with Crippen LogP contribution in [0.25, 0.3) is 0 Å². The van der Waals surface area contributed by atoms with Crippen molar-refractivity contribution < 1.29 is 4.79 Å². The van der Waals surface area contributed by atoms with Crippen LogP contribution in [0, 0.1) is 5.92 Å². The summed E-state index contributed by atoms with van der Waals surface area (Å²) >= 11 is 0. The fourth-order valence-electron chi connectivity index (χ4n) is 2.63. The fraction of sp³-hybridized carbons (Fsp3) is 0.625. The van der Waals surface area contributed by atoms with Crippen molar-refractivity contribution in [3.8, 4) is 0 Å². The van der Waals surface area contributed by atoms with Crippen molar-refractivity contribution in [2.75, 3.05) is 31.6 Å². The lowest BCUT2D eigenvalue weighted by Crippen LogP contribution is -2.34. The standard InChI is InChI=1S/C16H26N4O/c1-13(11-17-2)16(21)19-12-14-6-7-18-15(10-14)20-8-4-3-5-9-20/h6-7,10,13,17H,3-5,8-9,11-12H2,1-2H3,(H,19,21). The van der Waals surface area contributed by atoms with Crippen LogP contribution >= 0.6 is 0 Å². The van der Waals surface area contributed by atoms with Gasteiger partial charge in [0.1, 0.15) is 5.82 Å². The monoisotopic (exact) mass is 290 g/mol. The van der Waals surface area contributed by atoms with Gasteiger partial charge in [0.2, 0.25) is 5.91 Å². The minimum atomic E-state index is -0.0154. The van der Waals surface area contributed by atoms with E-state index in [-0.39, 0.29) is 11.8 Å². The Hall–Kier alpha value is -1.62. The second-order valence-electron chi connectivity index (χ2n) is 5.75. The number of anilines is 1. The molecule has 5 nitrogen and oxygen atoms in total. The van der Waals surface area contributed by atoms with Crippen LogP contribution in [0.4, 0.5) is 5.82 Å². The molecule has 1 aromatic heterocycles. The first-order chi connectivity index (χ1) is 10.2. The average Bonchev–Trinajstić information content (AvgIpc) is 2.54. The van der Waals surface area contributed by atoms with Gasteiger partial charge in [-0.1, -0.05) is 6.92 Å². The Morgan fingerprint density at radius 3 is 2.86 bits per heavy atom. The number of hydrogen-bond donors (Lipinski definition) is 2. The molecule has 1 aliphatic heterocycles. The van der Waals surface area contributed by atoms with Crippen molar-refractivity contribution in [2.45, 2.75) is 32.7 Å². The summed E-state index contributed by atoms with van der Waals surface area (Å²) in [4.78, 5) is 18.7. The van der Waals surface area contributed by atoms with Crippen molar-refractivity contribution in [3.63, 3.8) is 0 Å². The topological polar surface area (TPSA) is 57.3 Å². The molecule has 116 valence electrons. The van der Waals surface area contributed by atoms with Crippen LogP contribution in [0.1, 0.15) is 31.7 Å². The maximum Gasteiger partial charge on any atom is 0.224 e. The predicted molar refractivity (Wildman–Crippen MR) is 85.2 cm³/mol. The Morgan fingerprint density at radius 2 is 2.14 bits per heavy atom. The van der Waals surface area contributed by atoms with Crippen molar-refractivity contribution in [1.29, 1.82) is 0 Å². The number of rotatable bonds is 6. The maximum atomic E-state index is 11.9.